The van der Waals surface area contributed by atoms with E-state index in [1.165, 1.54) is 103 Å². The summed E-state index contributed by atoms with van der Waals surface area (Å²) < 4.78 is 2.70. The van der Waals surface area contributed by atoms with Crippen LogP contribution in [-0.4, -0.2) is 0 Å². The number of hydrogen-bond acceptors (Lipinski definition) is 1. The van der Waals surface area contributed by atoms with Gasteiger partial charge in [0.1, 0.15) is 0 Å². The van der Waals surface area contributed by atoms with Crippen molar-refractivity contribution in [3.05, 3.63) is 276 Å². The monoisotopic (exact) mass is 820 g/mol. The topological polar surface area (TPSA) is 0 Å². The average Bonchev–Trinajstić information content (AvgIpc) is 3.89. The Morgan fingerprint density at radius 2 is 0.968 bits per heavy atom. The van der Waals surface area contributed by atoms with Crippen LogP contribution in [0.3, 0.4) is 0 Å². The Bertz CT molecular complexity index is 3390. The van der Waals surface area contributed by atoms with E-state index < -0.39 is 5.41 Å². The summed E-state index contributed by atoms with van der Waals surface area (Å²) in [6.07, 6.45) is 1.95. The Morgan fingerprint density at radius 3 is 1.75 bits per heavy atom. The van der Waals surface area contributed by atoms with E-state index in [9.17, 15) is 0 Å². The van der Waals surface area contributed by atoms with E-state index in [1.54, 1.807) is 0 Å². The molecule has 1 atom stereocenters. The number of benzene rings is 10. The third-order valence-electron chi connectivity index (χ3n) is 13.7. The summed E-state index contributed by atoms with van der Waals surface area (Å²) in [5.41, 5.74) is 16.6. The highest BCUT2D eigenvalue weighted by Gasteiger charge is 2.46. The van der Waals surface area contributed by atoms with E-state index in [0.29, 0.717) is 0 Å². The zero-order valence-electron chi connectivity index (χ0n) is 34.9. The van der Waals surface area contributed by atoms with E-state index >= 15 is 0 Å². The second-order valence-electron chi connectivity index (χ2n) is 17.0. The van der Waals surface area contributed by atoms with Crippen molar-refractivity contribution >= 4 is 42.3 Å². The van der Waals surface area contributed by atoms with Crippen molar-refractivity contribution in [2.45, 2.75) is 24.2 Å². The zero-order valence-corrected chi connectivity index (χ0v) is 35.7. The van der Waals surface area contributed by atoms with Crippen molar-refractivity contribution in [3.8, 4) is 33.4 Å². The molecule has 1 heterocycles. The fourth-order valence-corrected chi connectivity index (χ4v) is 12.0. The van der Waals surface area contributed by atoms with E-state index in [0.717, 1.165) is 12.8 Å². The first-order chi connectivity index (χ1) is 31.2. The van der Waals surface area contributed by atoms with Crippen molar-refractivity contribution < 1.29 is 0 Å². The third-order valence-corrected chi connectivity index (χ3v) is 14.9. The maximum atomic E-state index is 2.57. The van der Waals surface area contributed by atoms with Crippen LogP contribution in [0.15, 0.2) is 237 Å². The Hall–Kier alpha value is -7.32. The first-order valence-electron chi connectivity index (χ1n) is 22.2. The molecule has 12 rings (SSSR count). The third kappa shape index (κ3) is 6.26. The second-order valence-corrected chi connectivity index (χ2v) is 18.1. The van der Waals surface area contributed by atoms with Crippen LogP contribution < -0.4 is 0 Å². The summed E-state index contributed by atoms with van der Waals surface area (Å²) in [4.78, 5) is 0. The van der Waals surface area contributed by atoms with E-state index in [2.05, 4.69) is 237 Å². The van der Waals surface area contributed by atoms with Crippen LogP contribution >= 0.6 is 11.3 Å². The molecule has 1 aromatic heterocycles. The van der Waals surface area contributed by atoms with E-state index in [4.69, 9.17) is 0 Å². The summed E-state index contributed by atoms with van der Waals surface area (Å²) in [6.45, 7) is 0. The van der Waals surface area contributed by atoms with Crippen molar-refractivity contribution in [1.82, 2.24) is 0 Å². The van der Waals surface area contributed by atoms with Crippen LogP contribution in [0.25, 0.3) is 64.3 Å². The van der Waals surface area contributed by atoms with Gasteiger partial charge in [0, 0.05) is 26.1 Å². The largest absolute Gasteiger partial charge is 0.135 e. The molecule has 0 radical (unpaired) electrons. The number of fused-ring (bicyclic) bond motifs is 7. The maximum Gasteiger partial charge on any atom is 0.0713 e. The minimum Gasteiger partial charge on any atom is -0.135 e. The van der Waals surface area contributed by atoms with Crippen LogP contribution in [-0.2, 0) is 11.8 Å². The molecule has 0 aliphatic heterocycles. The number of thiophene rings is 1. The van der Waals surface area contributed by atoms with Gasteiger partial charge in [0.25, 0.3) is 0 Å². The smallest absolute Gasteiger partial charge is 0.0713 e. The summed E-state index contributed by atoms with van der Waals surface area (Å²) in [5.74, 6) is 0.187. The first kappa shape index (κ1) is 37.4. The Morgan fingerprint density at radius 1 is 0.397 bits per heavy atom. The van der Waals surface area contributed by atoms with Gasteiger partial charge in [0.05, 0.1) is 5.41 Å². The molecule has 1 aliphatic rings. The first-order valence-corrected chi connectivity index (χ1v) is 23.0. The van der Waals surface area contributed by atoms with Gasteiger partial charge in [0.2, 0.25) is 0 Å². The molecule has 11 aromatic rings. The average molecular weight is 821 g/mol. The van der Waals surface area contributed by atoms with Gasteiger partial charge in [-0.25, -0.2) is 0 Å². The van der Waals surface area contributed by atoms with Gasteiger partial charge in [-0.2, -0.15) is 0 Å². The van der Waals surface area contributed by atoms with Gasteiger partial charge in [-0.1, -0.05) is 231 Å². The van der Waals surface area contributed by atoms with Gasteiger partial charge in [0.15, 0.2) is 0 Å². The fraction of sp³-hybridized carbons (Fsp3) is 0.0645. The molecule has 1 unspecified atom stereocenters. The summed E-state index contributed by atoms with van der Waals surface area (Å²) in [6, 6.07) is 88.4. The molecule has 0 fully saturated rings. The number of hydrogen-bond donors (Lipinski definition) is 0. The lowest BCUT2D eigenvalue weighted by atomic mass is 9.67. The summed E-state index contributed by atoms with van der Waals surface area (Å²) in [7, 11) is 0. The van der Waals surface area contributed by atoms with Crippen LogP contribution in [0.1, 0.15) is 51.3 Å². The van der Waals surface area contributed by atoms with Gasteiger partial charge in [-0.15, -0.1) is 11.3 Å². The predicted octanol–water partition coefficient (Wildman–Crippen LogP) is 16.7. The summed E-state index contributed by atoms with van der Waals surface area (Å²) >= 11 is 1.89. The van der Waals surface area contributed by atoms with Crippen LogP contribution in [0.2, 0.25) is 0 Å². The van der Waals surface area contributed by atoms with Crippen molar-refractivity contribution in [1.29, 1.82) is 0 Å². The molecule has 0 amide bonds. The quantitative estimate of drug-likeness (QED) is 0.136. The highest BCUT2D eigenvalue weighted by molar-refractivity contribution is 7.26. The lowest BCUT2D eigenvalue weighted by molar-refractivity contribution is 0.712. The minimum absolute atomic E-state index is 0.187. The number of aryl methyl sites for hydroxylation is 1. The minimum atomic E-state index is -0.437. The highest BCUT2D eigenvalue weighted by Crippen LogP contribution is 2.57. The van der Waals surface area contributed by atoms with Gasteiger partial charge >= 0.3 is 0 Å². The van der Waals surface area contributed by atoms with Gasteiger partial charge < -0.3 is 0 Å². The molecule has 0 N–H and O–H groups in total. The van der Waals surface area contributed by atoms with Gasteiger partial charge in [-0.05, 0) is 102 Å². The van der Waals surface area contributed by atoms with Crippen LogP contribution in [0.4, 0.5) is 0 Å². The molecule has 298 valence electrons. The zero-order chi connectivity index (χ0) is 41.7. The lowest BCUT2D eigenvalue weighted by Crippen LogP contribution is -2.28. The highest BCUT2D eigenvalue weighted by atomic mass is 32.1. The Kier molecular flexibility index (Phi) is 9.24. The maximum absolute atomic E-state index is 2.57. The normalized spacial score (nSPS) is 13.3. The van der Waals surface area contributed by atoms with Crippen LogP contribution in [0.5, 0.6) is 0 Å². The van der Waals surface area contributed by atoms with E-state index in [-0.39, 0.29) is 5.92 Å². The van der Waals surface area contributed by atoms with E-state index in [1.807, 2.05) is 11.3 Å². The molecule has 10 aromatic carbocycles. The predicted molar refractivity (Wildman–Crippen MR) is 268 cm³/mol. The molecule has 1 heteroatoms. The molecule has 0 spiro atoms. The number of rotatable bonds is 9. The van der Waals surface area contributed by atoms with Crippen molar-refractivity contribution in [2.75, 3.05) is 0 Å². The molecule has 0 nitrogen and oxygen atoms in total. The molecule has 0 saturated heterocycles. The molecule has 0 saturated carbocycles. The standard InChI is InChI=1S/C62H44S/c1-3-17-48(18-4-1)62(49-19-5-2-6-20-49)58-27-11-9-22-54(58)55-40-38-47(41-59(55)62)51(53-25-13-16-45-15-7-8-21-50(45)53)39-31-42-29-32-43(33-30-42)44-34-36-46(37-35-44)52-24-14-26-57-56-23-10-12-28-60(56)63-61(52)57/h1-30,32-38,40-41,51H,31,39H2. The molecular formula is C62H44S. The second kappa shape index (κ2) is 15.5. The Labute approximate surface area is 373 Å². The fourth-order valence-electron chi connectivity index (χ4n) is 10.7. The van der Waals surface area contributed by atoms with Crippen molar-refractivity contribution in [2.24, 2.45) is 0 Å². The lowest BCUT2D eigenvalue weighted by Gasteiger charge is -2.34. The molecule has 0 bridgehead atoms. The molecule has 1 aliphatic carbocycles. The summed E-state index contributed by atoms with van der Waals surface area (Å²) in [5, 5.41) is 5.29. The molecule has 63 heavy (non-hydrogen) atoms. The Balaban J connectivity index is 0.899. The SMILES string of the molecule is c1ccc(C2(c3ccccc3)c3ccccc3-c3ccc(C(CCc4ccc(-c5ccc(-c6cccc7c6sc6ccccc67)cc5)cc4)c4cccc5ccccc45)cc32)cc1. The van der Waals surface area contributed by atoms with Crippen LogP contribution in [0, 0.1) is 0 Å². The van der Waals surface area contributed by atoms with Gasteiger partial charge in [-0.3, -0.25) is 0 Å². The molecular weight excluding hydrogens is 777 g/mol. The van der Waals surface area contributed by atoms with Crippen molar-refractivity contribution in [3.63, 3.8) is 0 Å².